The van der Waals surface area contributed by atoms with Crippen LogP contribution in [0.25, 0.3) is 0 Å². The van der Waals surface area contributed by atoms with E-state index in [1.165, 1.54) is 0 Å². The van der Waals surface area contributed by atoms with Gasteiger partial charge in [-0.3, -0.25) is 4.79 Å². The van der Waals surface area contributed by atoms with Crippen molar-refractivity contribution in [2.45, 2.75) is 39.9 Å². The summed E-state index contributed by atoms with van der Waals surface area (Å²) in [6, 6.07) is 0. The van der Waals surface area contributed by atoms with E-state index < -0.39 is 6.10 Å². The molecule has 0 spiro atoms. The van der Waals surface area contributed by atoms with Crippen molar-refractivity contribution >= 4 is 5.97 Å². The molecule has 1 saturated heterocycles. The first kappa shape index (κ1) is 10.5. The van der Waals surface area contributed by atoms with Gasteiger partial charge in [-0.1, -0.05) is 20.8 Å². The molecule has 1 fully saturated rings. The van der Waals surface area contributed by atoms with Crippen molar-refractivity contribution in [1.82, 2.24) is 0 Å². The maximum Gasteiger partial charge on any atom is 0.311 e. The summed E-state index contributed by atoms with van der Waals surface area (Å²) in [5.41, 5.74) is 0. The number of hydrogen-bond donors (Lipinski definition) is 1. The van der Waals surface area contributed by atoms with Crippen LogP contribution in [0.5, 0.6) is 0 Å². The molecule has 0 amide bonds. The molecule has 0 bridgehead atoms. The van der Waals surface area contributed by atoms with Gasteiger partial charge >= 0.3 is 5.97 Å². The monoisotopic (exact) mass is 186 g/mol. The van der Waals surface area contributed by atoms with Crippen LogP contribution in [-0.2, 0) is 9.53 Å². The van der Waals surface area contributed by atoms with Crippen molar-refractivity contribution in [2.75, 3.05) is 0 Å². The second-order valence-electron chi connectivity index (χ2n) is 4.28. The van der Waals surface area contributed by atoms with E-state index in [1.54, 1.807) is 6.92 Å². The SMILES string of the molecule is CC(C)[C@@H]1OC(=O)[C@H](C)[C@H](O)[C@H]1C. The molecule has 1 aliphatic rings. The van der Waals surface area contributed by atoms with E-state index in [2.05, 4.69) is 0 Å². The lowest BCUT2D eigenvalue weighted by Crippen LogP contribution is -2.48. The predicted octanol–water partition coefficient (Wildman–Crippen LogP) is 1.20. The average molecular weight is 186 g/mol. The van der Waals surface area contributed by atoms with Crippen LogP contribution in [0.1, 0.15) is 27.7 Å². The highest BCUT2D eigenvalue weighted by atomic mass is 16.5. The van der Waals surface area contributed by atoms with E-state index in [-0.39, 0.29) is 29.8 Å². The zero-order valence-electron chi connectivity index (χ0n) is 8.65. The van der Waals surface area contributed by atoms with Crippen LogP contribution in [0.4, 0.5) is 0 Å². The molecule has 1 heterocycles. The van der Waals surface area contributed by atoms with Gasteiger partial charge in [0.05, 0.1) is 12.0 Å². The summed E-state index contributed by atoms with van der Waals surface area (Å²) in [6.45, 7) is 7.63. The Labute approximate surface area is 79.1 Å². The van der Waals surface area contributed by atoms with Crippen LogP contribution in [0.3, 0.4) is 0 Å². The maximum absolute atomic E-state index is 11.3. The minimum absolute atomic E-state index is 0.0349. The number of carbonyl (C=O) groups is 1. The van der Waals surface area contributed by atoms with Crippen LogP contribution in [0, 0.1) is 17.8 Å². The predicted molar refractivity (Wildman–Crippen MR) is 49.1 cm³/mol. The molecule has 0 aromatic carbocycles. The van der Waals surface area contributed by atoms with E-state index in [4.69, 9.17) is 4.74 Å². The third-order valence-electron chi connectivity index (χ3n) is 2.85. The second kappa shape index (κ2) is 3.66. The lowest BCUT2D eigenvalue weighted by molar-refractivity contribution is -0.181. The smallest absolute Gasteiger partial charge is 0.311 e. The molecule has 0 aliphatic carbocycles. The fourth-order valence-corrected chi connectivity index (χ4v) is 1.88. The molecule has 3 heteroatoms. The van der Waals surface area contributed by atoms with Gasteiger partial charge in [-0.2, -0.15) is 0 Å². The molecule has 76 valence electrons. The lowest BCUT2D eigenvalue weighted by Gasteiger charge is -2.38. The van der Waals surface area contributed by atoms with Gasteiger partial charge in [0.2, 0.25) is 0 Å². The molecule has 0 aromatic rings. The van der Waals surface area contributed by atoms with Crippen molar-refractivity contribution in [2.24, 2.45) is 17.8 Å². The van der Waals surface area contributed by atoms with Gasteiger partial charge < -0.3 is 9.84 Å². The number of aliphatic hydroxyl groups excluding tert-OH is 1. The molecule has 4 atom stereocenters. The molecule has 13 heavy (non-hydrogen) atoms. The highest BCUT2D eigenvalue weighted by Crippen LogP contribution is 2.30. The number of cyclic esters (lactones) is 1. The molecule has 0 aromatic heterocycles. The molecule has 1 N–H and O–H groups in total. The zero-order valence-corrected chi connectivity index (χ0v) is 8.65. The molecule has 1 aliphatic heterocycles. The summed E-state index contributed by atoms with van der Waals surface area (Å²) in [7, 11) is 0. The quantitative estimate of drug-likeness (QED) is 0.626. The Balaban J connectivity index is 2.76. The topological polar surface area (TPSA) is 46.5 Å². The average Bonchev–Trinajstić information content (AvgIpc) is 2.07. The number of hydrogen-bond acceptors (Lipinski definition) is 3. The minimum atomic E-state index is -0.561. The second-order valence-corrected chi connectivity index (χ2v) is 4.28. The Morgan fingerprint density at radius 1 is 1.38 bits per heavy atom. The molecule has 0 radical (unpaired) electrons. The number of esters is 1. The van der Waals surface area contributed by atoms with Gasteiger partial charge in [-0.25, -0.2) is 0 Å². The molecule has 3 nitrogen and oxygen atoms in total. The van der Waals surface area contributed by atoms with Gasteiger partial charge in [0.15, 0.2) is 0 Å². The Hall–Kier alpha value is -0.570. The Bertz CT molecular complexity index is 200. The van der Waals surface area contributed by atoms with E-state index in [9.17, 15) is 9.90 Å². The summed E-state index contributed by atoms with van der Waals surface area (Å²) in [5, 5.41) is 9.74. The molecular formula is C10H18O3. The van der Waals surface area contributed by atoms with Crippen LogP contribution in [-0.4, -0.2) is 23.3 Å². The summed E-state index contributed by atoms with van der Waals surface area (Å²) < 4.78 is 5.24. The Kier molecular flexibility index (Phi) is 2.96. The largest absolute Gasteiger partial charge is 0.461 e. The third-order valence-corrected chi connectivity index (χ3v) is 2.85. The van der Waals surface area contributed by atoms with E-state index in [0.29, 0.717) is 0 Å². The van der Waals surface area contributed by atoms with Gasteiger partial charge in [0, 0.05) is 5.92 Å². The van der Waals surface area contributed by atoms with Crippen molar-refractivity contribution in [1.29, 1.82) is 0 Å². The minimum Gasteiger partial charge on any atom is -0.461 e. The van der Waals surface area contributed by atoms with Gasteiger partial charge in [-0.05, 0) is 12.8 Å². The Morgan fingerprint density at radius 2 is 1.92 bits per heavy atom. The number of carbonyl (C=O) groups excluding carboxylic acids is 1. The molecule has 1 rings (SSSR count). The van der Waals surface area contributed by atoms with Gasteiger partial charge in [0.25, 0.3) is 0 Å². The van der Waals surface area contributed by atoms with Crippen LogP contribution >= 0.6 is 0 Å². The lowest BCUT2D eigenvalue weighted by atomic mass is 9.82. The normalized spacial score (nSPS) is 40.6. The number of rotatable bonds is 1. The maximum atomic E-state index is 11.3. The first-order valence-electron chi connectivity index (χ1n) is 4.83. The first-order valence-corrected chi connectivity index (χ1v) is 4.83. The van der Waals surface area contributed by atoms with Crippen LogP contribution < -0.4 is 0 Å². The summed E-state index contributed by atoms with van der Waals surface area (Å²) in [4.78, 5) is 11.3. The Morgan fingerprint density at radius 3 is 2.38 bits per heavy atom. The van der Waals surface area contributed by atoms with Crippen molar-refractivity contribution in [3.8, 4) is 0 Å². The number of aliphatic hydroxyl groups is 1. The fraction of sp³-hybridized carbons (Fsp3) is 0.900. The number of ether oxygens (including phenoxy) is 1. The van der Waals surface area contributed by atoms with Crippen LogP contribution in [0.15, 0.2) is 0 Å². The zero-order chi connectivity index (χ0) is 10.2. The third kappa shape index (κ3) is 1.85. The summed E-state index contributed by atoms with van der Waals surface area (Å²) in [6.07, 6.45) is -0.702. The van der Waals surface area contributed by atoms with Gasteiger partial charge in [-0.15, -0.1) is 0 Å². The van der Waals surface area contributed by atoms with Gasteiger partial charge in [0.1, 0.15) is 6.10 Å². The van der Waals surface area contributed by atoms with E-state index in [0.717, 1.165) is 0 Å². The van der Waals surface area contributed by atoms with E-state index in [1.807, 2.05) is 20.8 Å². The highest BCUT2D eigenvalue weighted by Gasteiger charge is 2.41. The van der Waals surface area contributed by atoms with Crippen molar-refractivity contribution in [3.63, 3.8) is 0 Å². The summed E-state index contributed by atoms with van der Waals surface area (Å²) in [5.74, 6) is -0.358. The summed E-state index contributed by atoms with van der Waals surface area (Å²) >= 11 is 0. The standard InChI is InChI=1S/C10H18O3/c1-5(2)9-6(3)8(11)7(4)10(12)13-9/h5-9,11H,1-4H3/t6-,7-,8-,9+/m1/s1. The highest BCUT2D eigenvalue weighted by molar-refractivity contribution is 5.73. The van der Waals surface area contributed by atoms with Crippen molar-refractivity contribution < 1.29 is 14.6 Å². The fourth-order valence-electron chi connectivity index (χ4n) is 1.88. The first-order chi connectivity index (χ1) is 5.95. The van der Waals surface area contributed by atoms with Crippen LogP contribution in [0.2, 0.25) is 0 Å². The van der Waals surface area contributed by atoms with E-state index >= 15 is 0 Å². The molecule has 0 unspecified atom stereocenters. The molecule has 0 saturated carbocycles. The van der Waals surface area contributed by atoms with Crippen molar-refractivity contribution in [3.05, 3.63) is 0 Å². The molecular weight excluding hydrogens is 168 g/mol.